The van der Waals surface area contributed by atoms with Crippen molar-refractivity contribution in [3.63, 3.8) is 0 Å². The Morgan fingerprint density at radius 1 is 0.692 bits per heavy atom. The van der Waals surface area contributed by atoms with E-state index < -0.39 is 0 Å². The standard InChI is InChI=1S/2C11H22O2/c1-10(2)6-4-5-7-13-9-11(3)8-12;1-11(2)7-3-5-9-13-10-6-4-8-12/h8,10-11H,4-7,9H2,1-3H3;8,11H,3-7,9-10H2,1-2H3. The zero-order valence-electron chi connectivity index (χ0n) is 18.0. The molecule has 0 fully saturated rings. The van der Waals surface area contributed by atoms with E-state index >= 15 is 0 Å². The Morgan fingerprint density at radius 2 is 1.19 bits per heavy atom. The smallest absolute Gasteiger partial charge is 0.125 e. The van der Waals surface area contributed by atoms with Gasteiger partial charge in [-0.25, -0.2) is 0 Å². The monoisotopic (exact) mass is 372 g/mol. The van der Waals surface area contributed by atoms with Gasteiger partial charge in [-0.3, -0.25) is 0 Å². The van der Waals surface area contributed by atoms with Gasteiger partial charge in [0.05, 0.1) is 6.61 Å². The Bertz CT molecular complexity index is 290. The summed E-state index contributed by atoms with van der Waals surface area (Å²) < 4.78 is 10.7. The van der Waals surface area contributed by atoms with Crippen molar-refractivity contribution in [3.8, 4) is 0 Å². The lowest BCUT2D eigenvalue weighted by Crippen LogP contribution is -2.07. The van der Waals surface area contributed by atoms with Crippen LogP contribution in [0.1, 0.15) is 86.0 Å². The summed E-state index contributed by atoms with van der Waals surface area (Å²) in [5, 5.41) is 0. The van der Waals surface area contributed by atoms with Gasteiger partial charge in [-0.2, -0.15) is 0 Å². The van der Waals surface area contributed by atoms with Gasteiger partial charge in [0, 0.05) is 32.2 Å². The fourth-order valence-corrected chi connectivity index (χ4v) is 2.19. The topological polar surface area (TPSA) is 52.6 Å². The van der Waals surface area contributed by atoms with E-state index in [1.807, 2.05) is 6.92 Å². The highest BCUT2D eigenvalue weighted by Crippen LogP contribution is 2.06. The molecule has 0 radical (unpaired) electrons. The Labute approximate surface area is 162 Å². The molecule has 0 aromatic heterocycles. The van der Waals surface area contributed by atoms with E-state index in [0.29, 0.717) is 13.0 Å². The van der Waals surface area contributed by atoms with E-state index in [2.05, 4.69) is 27.7 Å². The third kappa shape index (κ3) is 28.1. The molecule has 0 aliphatic rings. The second-order valence-electron chi connectivity index (χ2n) is 7.89. The molecule has 0 rings (SSSR count). The number of aldehydes is 2. The maximum atomic E-state index is 10.2. The fourth-order valence-electron chi connectivity index (χ4n) is 2.19. The number of carbonyl (C=O) groups excluding carboxylic acids is 2. The minimum Gasteiger partial charge on any atom is -0.381 e. The molecule has 4 heteroatoms. The van der Waals surface area contributed by atoms with Crippen LogP contribution in [0.15, 0.2) is 0 Å². The van der Waals surface area contributed by atoms with E-state index in [0.717, 1.165) is 63.5 Å². The molecule has 0 aliphatic carbocycles. The SMILES string of the molecule is CC(C)CCCCOCC(C)C=O.CC(C)CCCCOCCCC=O. The third-order valence-electron chi connectivity index (χ3n) is 3.86. The largest absolute Gasteiger partial charge is 0.381 e. The summed E-state index contributed by atoms with van der Waals surface area (Å²) in [6, 6.07) is 0. The van der Waals surface area contributed by atoms with Crippen molar-refractivity contribution in [1.82, 2.24) is 0 Å². The van der Waals surface area contributed by atoms with Crippen molar-refractivity contribution in [1.29, 1.82) is 0 Å². The van der Waals surface area contributed by atoms with Crippen LogP contribution in [-0.4, -0.2) is 39.0 Å². The van der Waals surface area contributed by atoms with E-state index in [-0.39, 0.29) is 5.92 Å². The van der Waals surface area contributed by atoms with Crippen LogP contribution >= 0.6 is 0 Å². The zero-order valence-corrected chi connectivity index (χ0v) is 18.0. The summed E-state index contributed by atoms with van der Waals surface area (Å²) in [4.78, 5) is 20.2. The second kappa shape index (κ2) is 22.3. The predicted molar refractivity (Wildman–Crippen MR) is 110 cm³/mol. The molecule has 4 nitrogen and oxygen atoms in total. The van der Waals surface area contributed by atoms with Crippen molar-refractivity contribution in [2.75, 3.05) is 26.4 Å². The molecule has 0 aliphatic heterocycles. The molecule has 0 aromatic rings. The second-order valence-corrected chi connectivity index (χ2v) is 7.89. The van der Waals surface area contributed by atoms with Crippen LogP contribution in [0.4, 0.5) is 0 Å². The Hall–Kier alpha value is -0.740. The van der Waals surface area contributed by atoms with Crippen LogP contribution in [-0.2, 0) is 19.1 Å². The van der Waals surface area contributed by atoms with E-state index in [1.165, 1.54) is 25.7 Å². The van der Waals surface area contributed by atoms with Crippen LogP contribution < -0.4 is 0 Å². The minimum atomic E-state index is 0.0464. The van der Waals surface area contributed by atoms with E-state index in [1.54, 1.807) is 0 Å². The average molecular weight is 373 g/mol. The number of hydrogen-bond donors (Lipinski definition) is 0. The van der Waals surface area contributed by atoms with Crippen LogP contribution in [0, 0.1) is 17.8 Å². The molecule has 1 atom stereocenters. The minimum absolute atomic E-state index is 0.0464. The van der Waals surface area contributed by atoms with E-state index in [9.17, 15) is 9.59 Å². The molecule has 0 spiro atoms. The quantitative estimate of drug-likeness (QED) is 0.251. The maximum Gasteiger partial charge on any atom is 0.125 e. The molecule has 0 heterocycles. The Morgan fingerprint density at radius 3 is 1.65 bits per heavy atom. The number of unbranched alkanes of at least 4 members (excludes halogenated alkanes) is 3. The molecule has 26 heavy (non-hydrogen) atoms. The molecular formula is C22H44O4. The Kier molecular flexibility index (Phi) is 23.6. The summed E-state index contributed by atoms with van der Waals surface area (Å²) in [7, 11) is 0. The van der Waals surface area contributed by atoms with Gasteiger partial charge in [-0.1, -0.05) is 60.3 Å². The highest BCUT2D eigenvalue weighted by Gasteiger charge is 1.99. The number of hydrogen-bond acceptors (Lipinski definition) is 4. The summed E-state index contributed by atoms with van der Waals surface area (Å²) in [5.74, 6) is 1.63. The van der Waals surface area contributed by atoms with Crippen molar-refractivity contribution >= 4 is 12.6 Å². The molecule has 1 unspecified atom stereocenters. The average Bonchev–Trinajstić information content (AvgIpc) is 2.60. The molecule has 0 N–H and O–H groups in total. The summed E-state index contributed by atoms with van der Waals surface area (Å²) in [6.07, 6.45) is 10.7. The first kappa shape index (κ1) is 27.5. The molecule has 0 saturated heterocycles. The van der Waals surface area contributed by atoms with Crippen LogP contribution in [0.2, 0.25) is 0 Å². The van der Waals surface area contributed by atoms with Crippen molar-refractivity contribution < 1.29 is 19.1 Å². The first-order valence-electron chi connectivity index (χ1n) is 10.5. The molecule has 0 bridgehead atoms. The van der Waals surface area contributed by atoms with Gasteiger partial charge in [0.15, 0.2) is 0 Å². The van der Waals surface area contributed by atoms with Crippen LogP contribution in [0.25, 0.3) is 0 Å². The zero-order chi connectivity index (χ0) is 20.0. The van der Waals surface area contributed by atoms with Crippen molar-refractivity contribution in [2.24, 2.45) is 17.8 Å². The normalized spacial score (nSPS) is 12.0. The highest BCUT2D eigenvalue weighted by molar-refractivity contribution is 5.52. The van der Waals surface area contributed by atoms with Crippen LogP contribution in [0.5, 0.6) is 0 Å². The predicted octanol–water partition coefficient (Wildman–Crippen LogP) is 5.47. The summed E-state index contributed by atoms with van der Waals surface area (Å²) in [5.41, 5.74) is 0. The number of ether oxygens (including phenoxy) is 2. The molecule has 0 amide bonds. The van der Waals surface area contributed by atoms with Gasteiger partial charge >= 0.3 is 0 Å². The first-order chi connectivity index (χ1) is 12.4. The molecular weight excluding hydrogens is 328 g/mol. The lowest BCUT2D eigenvalue weighted by atomic mass is 10.1. The van der Waals surface area contributed by atoms with Gasteiger partial charge in [-0.05, 0) is 31.1 Å². The van der Waals surface area contributed by atoms with Gasteiger partial charge in [0.25, 0.3) is 0 Å². The number of carbonyl (C=O) groups is 2. The lowest BCUT2D eigenvalue weighted by molar-refractivity contribution is -0.112. The van der Waals surface area contributed by atoms with Crippen LogP contribution in [0.3, 0.4) is 0 Å². The molecule has 0 aromatic carbocycles. The van der Waals surface area contributed by atoms with Crippen molar-refractivity contribution in [3.05, 3.63) is 0 Å². The lowest BCUT2D eigenvalue weighted by Gasteiger charge is -2.06. The number of rotatable bonds is 17. The third-order valence-corrected chi connectivity index (χ3v) is 3.86. The van der Waals surface area contributed by atoms with Gasteiger partial charge < -0.3 is 19.1 Å². The summed E-state index contributed by atoms with van der Waals surface area (Å²) >= 11 is 0. The van der Waals surface area contributed by atoms with Gasteiger partial charge in [0.1, 0.15) is 12.6 Å². The van der Waals surface area contributed by atoms with Gasteiger partial charge in [-0.15, -0.1) is 0 Å². The van der Waals surface area contributed by atoms with Crippen molar-refractivity contribution in [2.45, 2.75) is 86.0 Å². The van der Waals surface area contributed by atoms with E-state index in [4.69, 9.17) is 9.47 Å². The summed E-state index contributed by atoms with van der Waals surface area (Å²) in [6.45, 7) is 13.8. The molecule has 156 valence electrons. The maximum absolute atomic E-state index is 10.2. The first-order valence-corrected chi connectivity index (χ1v) is 10.5. The highest BCUT2D eigenvalue weighted by atomic mass is 16.5. The van der Waals surface area contributed by atoms with Gasteiger partial charge in [0.2, 0.25) is 0 Å². The fraction of sp³-hybridized carbons (Fsp3) is 0.909. The Balaban J connectivity index is 0. The molecule has 0 saturated carbocycles.